The number of aliphatic carboxylic acids is 1. The van der Waals surface area contributed by atoms with Gasteiger partial charge in [0.1, 0.15) is 11.6 Å². The van der Waals surface area contributed by atoms with Crippen LogP contribution in [0.25, 0.3) is 28.1 Å². The Bertz CT molecular complexity index is 1660. The summed E-state index contributed by atoms with van der Waals surface area (Å²) in [5, 5.41) is 16.2. The molecule has 2 heterocycles. The van der Waals surface area contributed by atoms with E-state index in [1.807, 2.05) is 61.5 Å². The number of fused-ring (bicyclic) bond motifs is 1. The van der Waals surface area contributed by atoms with Crippen molar-refractivity contribution < 1.29 is 19.0 Å². The number of H-pyrrole nitrogens is 1. The number of carbonyl (C=O) groups is 1. The number of nitrogens with zero attached hydrogens (tertiary/aromatic N) is 3. The summed E-state index contributed by atoms with van der Waals surface area (Å²) in [6, 6.07) is 18.5. The second-order valence-corrected chi connectivity index (χ2v) is 8.43. The number of carboxylic acids is 1. The van der Waals surface area contributed by atoms with Crippen molar-refractivity contribution in [3.05, 3.63) is 120 Å². The van der Waals surface area contributed by atoms with Gasteiger partial charge in [-0.1, -0.05) is 43.3 Å². The number of aromatic nitrogens is 4. The zero-order chi connectivity index (χ0) is 26.5. The van der Waals surface area contributed by atoms with Gasteiger partial charge in [0.15, 0.2) is 0 Å². The van der Waals surface area contributed by atoms with Crippen LogP contribution in [0.3, 0.4) is 0 Å². The van der Waals surface area contributed by atoms with Crippen molar-refractivity contribution in [2.24, 2.45) is 0 Å². The molecule has 0 aliphatic rings. The lowest BCUT2D eigenvalue weighted by Crippen LogP contribution is -1.99. The summed E-state index contributed by atoms with van der Waals surface area (Å²) in [7, 11) is 0. The van der Waals surface area contributed by atoms with E-state index in [1.165, 1.54) is 18.5 Å². The molecular weight excluding hydrogens is 483 g/mol. The molecule has 0 aliphatic carbocycles. The zero-order valence-electron chi connectivity index (χ0n) is 20.4. The average molecular weight is 507 g/mol. The van der Waals surface area contributed by atoms with Gasteiger partial charge in [-0.15, -0.1) is 0 Å². The second kappa shape index (κ2) is 10.9. The Morgan fingerprint density at radius 2 is 1.89 bits per heavy atom. The van der Waals surface area contributed by atoms with Crippen LogP contribution >= 0.6 is 0 Å². The topological polar surface area (TPSA) is 101 Å². The fourth-order valence-electron chi connectivity index (χ4n) is 4.33. The third kappa shape index (κ3) is 5.19. The fourth-order valence-corrected chi connectivity index (χ4v) is 4.33. The number of rotatable bonds is 8. The van der Waals surface area contributed by atoms with Gasteiger partial charge in [-0.2, -0.15) is 5.10 Å². The van der Waals surface area contributed by atoms with E-state index >= 15 is 4.39 Å². The van der Waals surface area contributed by atoms with Crippen molar-refractivity contribution in [1.29, 1.82) is 0 Å². The molecule has 7 nitrogen and oxygen atoms in total. The van der Waals surface area contributed by atoms with Crippen molar-refractivity contribution in [3.8, 4) is 11.6 Å². The predicted octanol–water partition coefficient (Wildman–Crippen LogP) is 6.75. The number of ether oxygens (including phenoxy) is 1. The smallest absolute Gasteiger partial charge is 0.328 e. The molecule has 0 radical (unpaired) electrons. The van der Waals surface area contributed by atoms with Gasteiger partial charge in [-0.25, -0.2) is 14.2 Å². The zero-order valence-corrected chi connectivity index (χ0v) is 20.4. The summed E-state index contributed by atoms with van der Waals surface area (Å²) in [5.74, 6) is -0.456. The SMILES string of the molecule is CCC(=C(c1ccc(C=CC(=O)O)cc1)c1ccc2[nH]ncc2c1F)c1cccc(Oc2cnccn2)c1. The maximum atomic E-state index is 15.9. The number of carboxylic acid groups (broad SMARTS) is 1. The molecule has 0 aliphatic heterocycles. The Hall–Kier alpha value is -5.11. The lowest BCUT2D eigenvalue weighted by Gasteiger charge is -2.18. The minimum atomic E-state index is -1.03. The highest BCUT2D eigenvalue weighted by Crippen LogP contribution is 2.38. The number of nitrogens with one attached hydrogen (secondary N) is 1. The molecule has 188 valence electrons. The normalized spacial score (nSPS) is 12.1. The van der Waals surface area contributed by atoms with Gasteiger partial charge in [0.25, 0.3) is 0 Å². The maximum absolute atomic E-state index is 15.9. The molecule has 0 saturated carbocycles. The number of hydrogen-bond donors (Lipinski definition) is 2. The van der Waals surface area contributed by atoms with E-state index in [9.17, 15) is 4.79 Å². The molecule has 8 heteroatoms. The summed E-state index contributed by atoms with van der Waals surface area (Å²) in [6.07, 6.45) is 9.34. The Balaban J connectivity index is 1.67. The standard InChI is InChI=1S/C30H23FN4O3/c1-2-23(21-4-3-5-22(16-21)38-27-18-32-14-15-33-27)29(20-9-6-19(7-10-20)8-13-28(36)37)24-11-12-26-25(30(24)31)17-34-35-26/h3-18H,2H2,1H3,(H,34,35)(H,36,37). The van der Waals surface area contributed by atoms with Gasteiger partial charge < -0.3 is 9.84 Å². The number of aromatic amines is 1. The Morgan fingerprint density at radius 1 is 1.05 bits per heavy atom. The molecule has 0 bridgehead atoms. The van der Waals surface area contributed by atoms with Gasteiger partial charge in [0, 0.05) is 24.0 Å². The minimum Gasteiger partial charge on any atom is -0.478 e. The van der Waals surface area contributed by atoms with Crippen LogP contribution in [0, 0.1) is 5.82 Å². The van der Waals surface area contributed by atoms with E-state index < -0.39 is 5.97 Å². The summed E-state index contributed by atoms with van der Waals surface area (Å²) < 4.78 is 21.8. The number of hydrogen-bond acceptors (Lipinski definition) is 5. The lowest BCUT2D eigenvalue weighted by atomic mass is 9.87. The van der Waals surface area contributed by atoms with Crippen molar-refractivity contribution in [1.82, 2.24) is 20.2 Å². The van der Waals surface area contributed by atoms with E-state index in [4.69, 9.17) is 9.84 Å². The Labute approximate surface area is 218 Å². The molecule has 0 atom stereocenters. The van der Waals surface area contributed by atoms with E-state index in [0.717, 1.165) is 33.9 Å². The van der Waals surface area contributed by atoms with Gasteiger partial charge >= 0.3 is 5.97 Å². The third-order valence-corrected chi connectivity index (χ3v) is 6.05. The molecule has 38 heavy (non-hydrogen) atoms. The molecule has 0 saturated heterocycles. The van der Waals surface area contributed by atoms with Crippen LogP contribution in [0.4, 0.5) is 4.39 Å². The molecule has 0 spiro atoms. The van der Waals surface area contributed by atoms with E-state index in [0.29, 0.717) is 34.5 Å². The summed E-state index contributed by atoms with van der Waals surface area (Å²) >= 11 is 0. The van der Waals surface area contributed by atoms with Crippen molar-refractivity contribution in [3.63, 3.8) is 0 Å². The summed E-state index contributed by atoms with van der Waals surface area (Å²) in [6.45, 7) is 2.02. The highest BCUT2D eigenvalue weighted by molar-refractivity contribution is 6.01. The van der Waals surface area contributed by atoms with Gasteiger partial charge in [0.05, 0.1) is 23.3 Å². The quantitative estimate of drug-likeness (QED) is 0.178. The van der Waals surface area contributed by atoms with Crippen LogP contribution in [0.5, 0.6) is 11.6 Å². The molecule has 0 amide bonds. The summed E-state index contributed by atoms with van der Waals surface area (Å²) in [4.78, 5) is 19.1. The van der Waals surface area contributed by atoms with Crippen LogP contribution in [-0.2, 0) is 4.79 Å². The average Bonchev–Trinajstić information content (AvgIpc) is 3.42. The molecule has 0 fully saturated rings. The van der Waals surface area contributed by atoms with Crippen LogP contribution in [0.2, 0.25) is 0 Å². The molecule has 5 rings (SSSR count). The second-order valence-electron chi connectivity index (χ2n) is 8.43. The number of allylic oxidation sites excluding steroid dienone is 1. The van der Waals surface area contributed by atoms with Crippen LogP contribution in [0.1, 0.15) is 35.6 Å². The predicted molar refractivity (Wildman–Crippen MR) is 144 cm³/mol. The van der Waals surface area contributed by atoms with Crippen LogP contribution < -0.4 is 4.74 Å². The van der Waals surface area contributed by atoms with Gasteiger partial charge in [0.2, 0.25) is 5.88 Å². The fraction of sp³-hybridized carbons (Fsp3) is 0.0667. The molecule has 0 unspecified atom stereocenters. The molecular formula is C30H23FN4O3. The van der Waals surface area contributed by atoms with Gasteiger partial charge in [-0.3, -0.25) is 10.1 Å². The Morgan fingerprint density at radius 3 is 2.63 bits per heavy atom. The van der Waals surface area contributed by atoms with Crippen LogP contribution in [-0.4, -0.2) is 31.2 Å². The maximum Gasteiger partial charge on any atom is 0.328 e. The van der Waals surface area contributed by atoms with E-state index in [1.54, 1.807) is 18.5 Å². The minimum absolute atomic E-state index is 0.369. The summed E-state index contributed by atoms with van der Waals surface area (Å²) in [5.41, 5.74) is 5.05. The largest absolute Gasteiger partial charge is 0.478 e. The molecule has 3 aromatic carbocycles. The van der Waals surface area contributed by atoms with E-state index in [-0.39, 0.29) is 5.82 Å². The molecule has 5 aromatic rings. The van der Waals surface area contributed by atoms with Gasteiger partial charge in [-0.05, 0) is 64.6 Å². The van der Waals surface area contributed by atoms with Crippen molar-refractivity contribution in [2.45, 2.75) is 13.3 Å². The first-order valence-electron chi connectivity index (χ1n) is 11.9. The monoisotopic (exact) mass is 506 g/mol. The van der Waals surface area contributed by atoms with Crippen molar-refractivity contribution in [2.75, 3.05) is 0 Å². The highest BCUT2D eigenvalue weighted by atomic mass is 19.1. The first kappa shape index (κ1) is 24.6. The first-order valence-corrected chi connectivity index (χ1v) is 11.9. The lowest BCUT2D eigenvalue weighted by molar-refractivity contribution is -0.131. The number of halogens is 1. The third-order valence-electron chi connectivity index (χ3n) is 6.05. The molecule has 2 N–H and O–H groups in total. The van der Waals surface area contributed by atoms with E-state index in [2.05, 4.69) is 20.2 Å². The highest BCUT2D eigenvalue weighted by Gasteiger charge is 2.19. The molecule has 2 aromatic heterocycles. The first-order chi connectivity index (χ1) is 18.5. The number of benzene rings is 3. The Kier molecular flexibility index (Phi) is 7.04. The van der Waals surface area contributed by atoms with Crippen molar-refractivity contribution >= 4 is 34.1 Å². The van der Waals surface area contributed by atoms with Crippen LogP contribution in [0.15, 0.2) is 91.5 Å².